The predicted molar refractivity (Wildman–Crippen MR) is 130 cm³/mol. The van der Waals surface area contributed by atoms with E-state index in [4.69, 9.17) is 38.5 Å². The number of ether oxygens (including phenoxy) is 1. The molecule has 2 aromatic rings. The van der Waals surface area contributed by atoms with Gasteiger partial charge in [0.15, 0.2) is 0 Å². The normalized spacial score (nSPS) is 12.2. The largest absolute Gasteiger partial charge is 0.444 e. The Morgan fingerprint density at radius 1 is 1.09 bits per heavy atom. The van der Waals surface area contributed by atoms with Crippen molar-refractivity contribution in [3.05, 3.63) is 63.9 Å². The van der Waals surface area contributed by atoms with E-state index in [0.29, 0.717) is 5.56 Å². The number of rotatable bonds is 5. The SMILES string of the molecule is CONC(=CC(=O)NC(=Nc1cc(Cl)c(N)c(Cl)c1)NC(=O)OC(C)(C)C)c1ccc(F)cc1. The highest BCUT2D eigenvalue weighted by atomic mass is 35.5. The number of hydrogen-bond acceptors (Lipinski definition) is 7. The van der Waals surface area contributed by atoms with Crippen molar-refractivity contribution < 1.29 is 23.6 Å². The van der Waals surface area contributed by atoms with Gasteiger partial charge in [0, 0.05) is 11.6 Å². The van der Waals surface area contributed by atoms with Crippen LogP contribution < -0.4 is 21.8 Å². The smallest absolute Gasteiger partial charge is 0.414 e. The lowest BCUT2D eigenvalue weighted by molar-refractivity contribution is -0.115. The highest BCUT2D eigenvalue weighted by molar-refractivity contribution is 6.39. The lowest BCUT2D eigenvalue weighted by Gasteiger charge is -2.20. The van der Waals surface area contributed by atoms with Crippen molar-refractivity contribution in [1.82, 2.24) is 16.1 Å². The minimum absolute atomic E-state index is 0.136. The number of halogens is 3. The average molecular weight is 512 g/mol. The second-order valence-electron chi connectivity index (χ2n) is 7.77. The fourth-order valence-electron chi connectivity index (χ4n) is 2.45. The monoisotopic (exact) mass is 511 g/mol. The minimum Gasteiger partial charge on any atom is -0.444 e. The lowest BCUT2D eigenvalue weighted by atomic mass is 10.1. The highest BCUT2D eigenvalue weighted by Gasteiger charge is 2.19. The second kappa shape index (κ2) is 11.7. The number of alkyl carbamates (subject to hydrolysis) is 1. The van der Waals surface area contributed by atoms with Crippen LogP contribution in [0.25, 0.3) is 5.70 Å². The molecule has 12 heteroatoms. The molecule has 0 atom stereocenters. The highest BCUT2D eigenvalue weighted by Crippen LogP contribution is 2.32. The van der Waals surface area contributed by atoms with Crippen molar-refractivity contribution in [3.63, 3.8) is 0 Å². The third kappa shape index (κ3) is 8.54. The van der Waals surface area contributed by atoms with Gasteiger partial charge in [-0.15, -0.1) is 0 Å². The van der Waals surface area contributed by atoms with Crippen LogP contribution in [0.15, 0.2) is 47.5 Å². The van der Waals surface area contributed by atoms with Gasteiger partial charge in [-0.2, -0.15) is 0 Å². The number of amides is 2. The molecule has 0 unspecified atom stereocenters. The quantitative estimate of drug-likeness (QED) is 0.153. The van der Waals surface area contributed by atoms with Crippen LogP contribution in [-0.2, 0) is 14.4 Å². The number of carbonyl (C=O) groups is 2. The summed E-state index contributed by atoms with van der Waals surface area (Å²) in [5.74, 6) is -1.42. The van der Waals surface area contributed by atoms with Crippen molar-refractivity contribution in [2.45, 2.75) is 26.4 Å². The number of nitrogen functional groups attached to an aromatic ring is 1. The molecule has 0 saturated heterocycles. The summed E-state index contributed by atoms with van der Waals surface area (Å²) in [6.45, 7) is 5.03. The first-order valence-electron chi connectivity index (χ1n) is 9.79. The van der Waals surface area contributed by atoms with Gasteiger partial charge in [0.25, 0.3) is 5.91 Å². The molecule has 2 aromatic carbocycles. The first kappa shape index (κ1) is 26.9. The van der Waals surface area contributed by atoms with E-state index >= 15 is 0 Å². The average Bonchev–Trinajstić information content (AvgIpc) is 2.70. The third-order valence-electron chi connectivity index (χ3n) is 3.81. The van der Waals surface area contributed by atoms with E-state index in [2.05, 4.69) is 21.1 Å². The summed E-state index contributed by atoms with van der Waals surface area (Å²) in [7, 11) is 1.35. The van der Waals surface area contributed by atoms with Crippen LogP contribution in [0.1, 0.15) is 26.3 Å². The van der Waals surface area contributed by atoms with Crippen molar-refractivity contribution in [1.29, 1.82) is 0 Å². The first-order valence-corrected chi connectivity index (χ1v) is 10.5. The van der Waals surface area contributed by atoms with Crippen LogP contribution in [0.3, 0.4) is 0 Å². The Morgan fingerprint density at radius 3 is 2.21 bits per heavy atom. The predicted octanol–water partition coefficient (Wildman–Crippen LogP) is 4.54. The molecule has 0 spiro atoms. The standard InChI is InChI=1S/C22H24Cl2FN5O4/c1-22(2,3)34-21(32)29-20(27-14-9-15(23)19(26)16(24)10-14)28-18(31)11-17(30-33-4)12-5-7-13(25)8-6-12/h5-11,30H,26H2,1-4H3,(H2,27,28,29,31,32). The summed E-state index contributed by atoms with van der Waals surface area (Å²) in [6.07, 6.45) is 0.267. The van der Waals surface area contributed by atoms with Crippen LogP contribution in [-0.4, -0.2) is 30.7 Å². The van der Waals surface area contributed by atoms with E-state index in [1.165, 1.54) is 43.5 Å². The number of aliphatic imine (C=N–C) groups is 1. The van der Waals surface area contributed by atoms with E-state index in [1.807, 2.05) is 0 Å². The molecule has 0 aliphatic carbocycles. The van der Waals surface area contributed by atoms with Crippen LogP contribution in [0.5, 0.6) is 0 Å². The third-order valence-corrected chi connectivity index (χ3v) is 4.43. The topological polar surface area (TPSA) is 127 Å². The summed E-state index contributed by atoms with van der Waals surface area (Å²) >= 11 is 12.1. The number of benzene rings is 2. The van der Waals surface area contributed by atoms with Gasteiger partial charge in [-0.1, -0.05) is 23.2 Å². The summed E-state index contributed by atoms with van der Waals surface area (Å²) in [5.41, 5.74) is 8.52. The van der Waals surface area contributed by atoms with Gasteiger partial charge in [-0.05, 0) is 57.2 Å². The van der Waals surface area contributed by atoms with Gasteiger partial charge in [0.05, 0.1) is 34.2 Å². The Balaban J connectivity index is 2.37. The van der Waals surface area contributed by atoms with Crippen LogP contribution in [0.4, 0.5) is 20.6 Å². The Kier molecular flexibility index (Phi) is 9.25. The summed E-state index contributed by atoms with van der Waals surface area (Å²) in [5, 5.41) is 5.08. The Bertz CT molecular complexity index is 1090. The van der Waals surface area contributed by atoms with Gasteiger partial charge in [0.2, 0.25) is 5.96 Å². The number of guanidine groups is 1. The van der Waals surface area contributed by atoms with Gasteiger partial charge >= 0.3 is 6.09 Å². The van der Waals surface area contributed by atoms with E-state index in [0.717, 1.165) is 6.08 Å². The van der Waals surface area contributed by atoms with E-state index in [1.54, 1.807) is 20.8 Å². The lowest BCUT2D eigenvalue weighted by Crippen LogP contribution is -2.45. The molecule has 0 heterocycles. The first-order chi connectivity index (χ1) is 15.9. The molecule has 34 heavy (non-hydrogen) atoms. The molecule has 5 N–H and O–H groups in total. The molecule has 0 radical (unpaired) electrons. The number of carbonyl (C=O) groups excluding carboxylic acids is 2. The minimum atomic E-state index is -0.864. The summed E-state index contributed by atoms with van der Waals surface area (Å²) in [4.78, 5) is 34.1. The number of hydrogen-bond donors (Lipinski definition) is 4. The van der Waals surface area contributed by atoms with E-state index < -0.39 is 23.4 Å². The summed E-state index contributed by atoms with van der Waals surface area (Å²) < 4.78 is 18.5. The molecular weight excluding hydrogens is 488 g/mol. The zero-order chi connectivity index (χ0) is 25.5. The Morgan fingerprint density at radius 2 is 1.68 bits per heavy atom. The number of hydroxylamine groups is 1. The Labute approximate surface area is 206 Å². The molecular formula is C22H24Cl2FN5O4. The van der Waals surface area contributed by atoms with Crippen molar-refractivity contribution in [2.24, 2.45) is 4.99 Å². The van der Waals surface area contributed by atoms with E-state index in [9.17, 15) is 14.0 Å². The van der Waals surface area contributed by atoms with Gasteiger partial charge in [0.1, 0.15) is 11.4 Å². The van der Waals surface area contributed by atoms with E-state index in [-0.39, 0.29) is 33.1 Å². The number of anilines is 1. The fourth-order valence-corrected chi connectivity index (χ4v) is 2.92. The molecule has 0 aliphatic rings. The van der Waals surface area contributed by atoms with Gasteiger partial charge in [-0.25, -0.2) is 14.2 Å². The van der Waals surface area contributed by atoms with Crippen molar-refractivity contribution >= 4 is 58.2 Å². The molecule has 0 aliphatic heterocycles. The molecule has 2 rings (SSSR count). The fraction of sp³-hybridized carbons (Fsp3) is 0.227. The van der Waals surface area contributed by atoms with Crippen LogP contribution >= 0.6 is 23.2 Å². The second-order valence-corrected chi connectivity index (χ2v) is 8.59. The zero-order valence-electron chi connectivity index (χ0n) is 18.8. The molecule has 9 nitrogen and oxygen atoms in total. The maximum atomic E-state index is 13.3. The van der Waals surface area contributed by atoms with Gasteiger partial charge in [-0.3, -0.25) is 25.7 Å². The van der Waals surface area contributed by atoms with Crippen molar-refractivity contribution in [2.75, 3.05) is 12.8 Å². The molecule has 0 fully saturated rings. The maximum absolute atomic E-state index is 13.3. The molecule has 0 aromatic heterocycles. The number of nitrogens with two attached hydrogens (primary N) is 1. The number of nitrogens with zero attached hydrogens (tertiary/aromatic N) is 1. The molecule has 2 amide bonds. The number of nitrogens with one attached hydrogen (secondary N) is 3. The Hall–Kier alpha value is -3.34. The molecule has 182 valence electrons. The van der Waals surface area contributed by atoms with Crippen molar-refractivity contribution in [3.8, 4) is 0 Å². The van der Waals surface area contributed by atoms with Crippen LogP contribution in [0, 0.1) is 5.82 Å². The summed E-state index contributed by atoms with van der Waals surface area (Å²) in [6, 6.07) is 8.16. The van der Waals surface area contributed by atoms with Crippen LogP contribution in [0.2, 0.25) is 10.0 Å². The van der Waals surface area contributed by atoms with Gasteiger partial charge < -0.3 is 10.5 Å². The molecule has 0 saturated carbocycles. The zero-order valence-corrected chi connectivity index (χ0v) is 20.3. The molecule has 0 bridgehead atoms. The maximum Gasteiger partial charge on any atom is 0.414 e.